The molecule has 3 rings (SSSR count). The van der Waals surface area contributed by atoms with Crippen molar-refractivity contribution in [1.29, 1.82) is 0 Å². The van der Waals surface area contributed by atoms with Crippen LogP contribution in [-0.4, -0.2) is 52.7 Å². The van der Waals surface area contributed by atoms with Crippen LogP contribution in [0.4, 0.5) is 24.7 Å². The Balaban J connectivity index is 1.54. The van der Waals surface area contributed by atoms with Crippen molar-refractivity contribution in [1.82, 2.24) is 14.9 Å². The number of rotatable bonds is 4. The Morgan fingerprint density at radius 1 is 1.18 bits per heavy atom. The second-order valence-electron chi connectivity index (χ2n) is 6.42. The molecule has 0 radical (unpaired) electrons. The standard InChI is InChI=1S/C18H20F3N5OS/c1-12-9-15(22)24-17(23-12)28-11-16(27)26-7-5-25(6-8-26)14-4-2-3-13(10-14)18(19,20)21/h2-4,9-10H,5-8,11H2,1H3,(H2,22,23,24). The number of piperazine rings is 1. The number of aromatic nitrogens is 2. The van der Waals surface area contributed by atoms with E-state index < -0.39 is 11.7 Å². The number of halogens is 3. The third kappa shape index (κ3) is 5.06. The third-order valence-electron chi connectivity index (χ3n) is 4.35. The van der Waals surface area contributed by atoms with E-state index in [0.29, 0.717) is 42.8 Å². The van der Waals surface area contributed by atoms with Gasteiger partial charge in [-0.25, -0.2) is 9.97 Å². The zero-order valence-corrected chi connectivity index (χ0v) is 16.1. The van der Waals surface area contributed by atoms with Crippen LogP contribution < -0.4 is 10.6 Å². The number of nitrogens with zero attached hydrogens (tertiary/aromatic N) is 4. The number of benzene rings is 1. The molecule has 28 heavy (non-hydrogen) atoms. The van der Waals surface area contributed by atoms with Crippen LogP contribution in [0.25, 0.3) is 0 Å². The number of hydrogen-bond donors (Lipinski definition) is 1. The van der Waals surface area contributed by atoms with Crippen LogP contribution in [0.5, 0.6) is 0 Å². The largest absolute Gasteiger partial charge is 0.416 e. The van der Waals surface area contributed by atoms with Crippen molar-refractivity contribution in [3.8, 4) is 0 Å². The number of thioether (sulfide) groups is 1. The van der Waals surface area contributed by atoms with Crippen LogP contribution in [0.15, 0.2) is 35.5 Å². The summed E-state index contributed by atoms with van der Waals surface area (Å²) >= 11 is 1.22. The summed E-state index contributed by atoms with van der Waals surface area (Å²) in [7, 11) is 0. The van der Waals surface area contributed by atoms with Crippen molar-refractivity contribution in [3.05, 3.63) is 41.6 Å². The summed E-state index contributed by atoms with van der Waals surface area (Å²) in [6.07, 6.45) is -4.37. The maximum Gasteiger partial charge on any atom is 0.416 e. The first-order valence-electron chi connectivity index (χ1n) is 8.66. The highest BCUT2D eigenvalue weighted by molar-refractivity contribution is 7.99. The summed E-state index contributed by atoms with van der Waals surface area (Å²) < 4.78 is 38.7. The summed E-state index contributed by atoms with van der Waals surface area (Å²) in [6.45, 7) is 3.66. The van der Waals surface area contributed by atoms with Gasteiger partial charge in [0.25, 0.3) is 0 Å². The highest BCUT2D eigenvalue weighted by Gasteiger charge is 2.31. The van der Waals surface area contributed by atoms with E-state index >= 15 is 0 Å². The monoisotopic (exact) mass is 411 g/mol. The highest BCUT2D eigenvalue weighted by Crippen LogP contribution is 2.32. The number of carbonyl (C=O) groups excluding carboxylic acids is 1. The molecule has 0 spiro atoms. The van der Waals surface area contributed by atoms with Gasteiger partial charge in [0.1, 0.15) is 5.82 Å². The summed E-state index contributed by atoms with van der Waals surface area (Å²) in [5, 5.41) is 0.452. The molecule has 1 amide bonds. The van der Waals surface area contributed by atoms with Crippen molar-refractivity contribution >= 4 is 29.2 Å². The Bertz CT molecular complexity index is 833. The molecule has 1 aliphatic rings. The fourth-order valence-electron chi connectivity index (χ4n) is 2.94. The molecule has 1 fully saturated rings. The number of amides is 1. The summed E-state index contributed by atoms with van der Waals surface area (Å²) in [5.41, 5.74) is 6.26. The second kappa shape index (κ2) is 8.26. The van der Waals surface area contributed by atoms with Crippen LogP contribution in [0.3, 0.4) is 0 Å². The SMILES string of the molecule is Cc1cc(N)nc(SCC(=O)N2CCN(c3cccc(C(F)(F)F)c3)CC2)n1. The fourth-order valence-corrected chi connectivity index (χ4v) is 3.75. The van der Waals surface area contributed by atoms with Crippen LogP contribution >= 0.6 is 11.8 Å². The van der Waals surface area contributed by atoms with Crippen molar-refractivity contribution in [2.24, 2.45) is 0 Å². The first kappa shape index (κ1) is 20.2. The molecule has 10 heteroatoms. The lowest BCUT2D eigenvalue weighted by atomic mass is 10.1. The maximum absolute atomic E-state index is 12.9. The molecule has 0 unspecified atom stereocenters. The van der Waals surface area contributed by atoms with E-state index in [4.69, 9.17) is 5.73 Å². The number of aryl methyl sites for hydroxylation is 1. The Kier molecular flexibility index (Phi) is 5.97. The Morgan fingerprint density at radius 2 is 1.89 bits per heavy atom. The van der Waals surface area contributed by atoms with E-state index in [0.717, 1.165) is 17.8 Å². The predicted molar refractivity (Wildman–Crippen MR) is 102 cm³/mol. The van der Waals surface area contributed by atoms with Crippen LogP contribution in [0.2, 0.25) is 0 Å². The zero-order chi connectivity index (χ0) is 20.3. The lowest BCUT2D eigenvalue weighted by Crippen LogP contribution is -2.49. The molecule has 1 aromatic carbocycles. The van der Waals surface area contributed by atoms with E-state index in [1.54, 1.807) is 24.0 Å². The molecule has 0 atom stereocenters. The minimum Gasteiger partial charge on any atom is -0.384 e. The average molecular weight is 411 g/mol. The predicted octanol–water partition coefficient (Wildman–Crippen LogP) is 2.83. The average Bonchev–Trinajstić information content (AvgIpc) is 2.65. The van der Waals surface area contributed by atoms with Gasteiger partial charge < -0.3 is 15.5 Å². The van der Waals surface area contributed by atoms with Crippen molar-refractivity contribution in [2.75, 3.05) is 42.6 Å². The zero-order valence-electron chi connectivity index (χ0n) is 15.2. The summed E-state index contributed by atoms with van der Waals surface area (Å²) in [5.74, 6) is 0.487. The van der Waals surface area contributed by atoms with E-state index in [9.17, 15) is 18.0 Å². The second-order valence-corrected chi connectivity index (χ2v) is 7.36. The van der Waals surface area contributed by atoms with Crippen LogP contribution in [-0.2, 0) is 11.0 Å². The van der Waals surface area contributed by atoms with Gasteiger partial charge in [-0.2, -0.15) is 13.2 Å². The van der Waals surface area contributed by atoms with Crippen LogP contribution in [0.1, 0.15) is 11.3 Å². The minimum atomic E-state index is -4.37. The first-order chi connectivity index (χ1) is 13.2. The number of hydrogen-bond acceptors (Lipinski definition) is 6. The van der Waals surface area contributed by atoms with E-state index in [1.807, 2.05) is 4.90 Å². The highest BCUT2D eigenvalue weighted by atomic mass is 32.2. The third-order valence-corrected chi connectivity index (χ3v) is 5.18. The number of nitrogen functional groups attached to an aromatic ring is 1. The van der Waals surface area contributed by atoms with Crippen molar-refractivity contribution < 1.29 is 18.0 Å². The Morgan fingerprint density at radius 3 is 2.54 bits per heavy atom. The van der Waals surface area contributed by atoms with E-state index in [2.05, 4.69) is 9.97 Å². The Hall–Kier alpha value is -2.49. The summed E-state index contributed by atoms with van der Waals surface area (Å²) in [4.78, 5) is 24.3. The van der Waals surface area contributed by atoms with Gasteiger partial charge in [0, 0.05) is 43.6 Å². The quantitative estimate of drug-likeness (QED) is 0.616. The molecule has 150 valence electrons. The molecular weight excluding hydrogens is 391 g/mol. The number of anilines is 2. The van der Waals surface area contributed by atoms with Gasteiger partial charge in [0.05, 0.1) is 11.3 Å². The first-order valence-corrected chi connectivity index (χ1v) is 9.65. The molecule has 0 aliphatic carbocycles. The topological polar surface area (TPSA) is 75.3 Å². The summed E-state index contributed by atoms with van der Waals surface area (Å²) in [6, 6.07) is 6.91. The molecule has 0 bridgehead atoms. The maximum atomic E-state index is 12.9. The van der Waals surface area contributed by atoms with Gasteiger partial charge in [-0.1, -0.05) is 17.8 Å². The molecular formula is C18H20F3N5OS. The van der Waals surface area contributed by atoms with Gasteiger partial charge >= 0.3 is 6.18 Å². The smallest absolute Gasteiger partial charge is 0.384 e. The number of nitrogens with two attached hydrogens (primary N) is 1. The van der Waals surface area contributed by atoms with Crippen molar-refractivity contribution in [3.63, 3.8) is 0 Å². The fraction of sp³-hybridized carbons (Fsp3) is 0.389. The van der Waals surface area contributed by atoms with E-state index in [1.165, 1.54) is 17.8 Å². The van der Waals surface area contributed by atoms with Crippen LogP contribution in [0, 0.1) is 6.92 Å². The van der Waals surface area contributed by atoms with Gasteiger partial charge in [-0.3, -0.25) is 4.79 Å². The Labute approximate surface area is 164 Å². The van der Waals surface area contributed by atoms with Gasteiger partial charge in [-0.05, 0) is 25.1 Å². The van der Waals surface area contributed by atoms with E-state index in [-0.39, 0.29) is 11.7 Å². The van der Waals surface area contributed by atoms with Gasteiger partial charge in [-0.15, -0.1) is 0 Å². The van der Waals surface area contributed by atoms with Gasteiger partial charge in [0.2, 0.25) is 5.91 Å². The molecule has 1 aliphatic heterocycles. The lowest BCUT2D eigenvalue weighted by Gasteiger charge is -2.36. The van der Waals surface area contributed by atoms with Gasteiger partial charge in [0.15, 0.2) is 5.16 Å². The molecule has 2 N–H and O–H groups in total. The lowest BCUT2D eigenvalue weighted by molar-refractivity contribution is -0.137. The number of alkyl halides is 3. The molecule has 1 saturated heterocycles. The normalized spacial score (nSPS) is 15.0. The minimum absolute atomic E-state index is 0.0580. The molecule has 2 heterocycles. The number of carbonyl (C=O) groups is 1. The molecule has 2 aromatic rings. The molecule has 6 nitrogen and oxygen atoms in total. The van der Waals surface area contributed by atoms with Crippen molar-refractivity contribution in [2.45, 2.75) is 18.3 Å². The molecule has 0 saturated carbocycles. The molecule has 1 aromatic heterocycles.